The maximum atomic E-state index is 10.8. The van der Waals surface area contributed by atoms with E-state index in [1.807, 2.05) is 0 Å². The van der Waals surface area contributed by atoms with Gasteiger partial charge in [-0.05, 0) is 0 Å². The van der Waals surface area contributed by atoms with Crippen LogP contribution in [0.5, 0.6) is 0 Å². The molecule has 0 bridgehead atoms. The van der Waals surface area contributed by atoms with Gasteiger partial charge < -0.3 is 11.6 Å². The van der Waals surface area contributed by atoms with Crippen LogP contribution in [0.15, 0.2) is 0 Å². The standard InChI is InChI=1S/C4H9N5O2S/c1-12(10,11)2-3-7-8-4(5)9(3)6/h2,6H2,1H3,(H2,5,8). The van der Waals surface area contributed by atoms with Crippen LogP contribution in [0.25, 0.3) is 0 Å². The minimum absolute atomic E-state index is 0.00588. The van der Waals surface area contributed by atoms with Crippen molar-refractivity contribution >= 4 is 15.8 Å². The van der Waals surface area contributed by atoms with Gasteiger partial charge in [-0.3, -0.25) is 0 Å². The van der Waals surface area contributed by atoms with Gasteiger partial charge in [-0.25, -0.2) is 13.1 Å². The Labute approximate surface area is 69.3 Å². The van der Waals surface area contributed by atoms with Crippen molar-refractivity contribution in [2.24, 2.45) is 0 Å². The third kappa shape index (κ3) is 1.84. The molecule has 68 valence electrons. The van der Waals surface area contributed by atoms with Crippen LogP contribution in [0.3, 0.4) is 0 Å². The van der Waals surface area contributed by atoms with E-state index in [9.17, 15) is 8.42 Å². The van der Waals surface area contributed by atoms with Crippen molar-refractivity contribution in [2.45, 2.75) is 5.75 Å². The first-order chi connectivity index (χ1) is 5.40. The SMILES string of the molecule is CS(=O)(=O)Cc1nnc(N)n1N. The normalized spacial score (nSPS) is 11.8. The van der Waals surface area contributed by atoms with Crippen LogP contribution in [0.4, 0.5) is 5.95 Å². The summed E-state index contributed by atoms with van der Waals surface area (Å²) in [5.74, 6) is 5.18. The molecule has 0 aliphatic rings. The number of nitrogens with two attached hydrogens (primary N) is 2. The lowest BCUT2D eigenvalue weighted by Crippen LogP contribution is -2.17. The highest BCUT2D eigenvalue weighted by Gasteiger charge is 2.12. The Balaban J connectivity index is 2.99. The largest absolute Gasteiger partial charge is 0.366 e. The van der Waals surface area contributed by atoms with E-state index in [1.54, 1.807) is 0 Å². The molecular weight excluding hydrogens is 182 g/mol. The first kappa shape index (κ1) is 8.78. The van der Waals surface area contributed by atoms with E-state index >= 15 is 0 Å². The summed E-state index contributed by atoms with van der Waals surface area (Å²) in [6.45, 7) is 0. The fourth-order valence-electron chi connectivity index (χ4n) is 0.670. The Kier molecular flexibility index (Phi) is 1.92. The number of aromatic nitrogens is 3. The van der Waals surface area contributed by atoms with Crippen molar-refractivity contribution in [1.29, 1.82) is 0 Å². The van der Waals surface area contributed by atoms with Gasteiger partial charge in [-0.1, -0.05) is 0 Å². The second-order valence-electron chi connectivity index (χ2n) is 2.41. The van der Waals surface area contributed by atoms with Gasteiger partial charge in [-0.2, -0.15) is 0 Å². The van der Waals surface area contributed by atoms with Crippen LogP contribution in [0, 0.1) is 0 Å². The number of rotatable bonds is 2. The average Bonchev–Trinajstić information content (AvgIpc) is 2.16. The van der Waals surface area contributed by atoms with Gasteiger partial charge in [0.15, 0.2) is 15.7 Å². The maximum Gasteiger partial charge on any atom is 0.240 e. The number of hydrogen-bond donors (Lipinski definition) is 2. The molecule has 0 radical (unpaired) electrons. The number of anilines is 1. The molecule has 0 aliphatic carbocycles. The van der Waals surface area contributed by atoms with Crippen molar-refractivity contribution < 1.29 is 8.42 Å². The van der Waals surface area contributed by atoms with Crippen LogP contribution in [0.2, 0.25) is 0 Å². The molecule has 0 saturated heterocycles. The molecule has 0 atom stereocenters. The van der Waals surface area contributed by atoms with Crippen LogP contribution >= 0.6 is 0 Å². The lowest BCUT2D eigenvalue weighted by atomic mass is 10.7. The van der Waals surface area contributed by atoms with Gasteiger partial charge in [0, 0.05) is 6.26 Å². The Bertz CT molecular complexity index is 380. The van der Waals surface area contributed by atoms with E-state index in [0.717, 1.165) is 10.9 Å². The Morgan fingerprint density at radius 2 is 2.08 bits per heavy atom. The molecule has 1 rings (SSSR count). The summed E-state index contributed by atoms with van der Waals surface area (Å²) in [5.41, 5.74) is 5.23. The highest BCUT2D eigenvalue weighted by atomic mass is 32.2. The fourth-order valence-corrected chi connectivity index (χ4v) is 1.34. The van der Waals surface area contributed by atoms with Gasteiger partial charge >= 0.3 is 0 Å². The van der Waals surface area contributed by atoms with Crippen molar-refractivity contribution in [3.8, 4) is 0 Å². The van der Waals surface area contributed by atoms with Crippen molar-refractivity contribution in [3.63, 3.8) is 0 Å². The summed E-state index contributed by atoms with van der Waals surface area (Å²) >= 11 is 0. The minimum Gasteiger partial charge on any atom is -0.366 e. The molecule has 0 saturated carbocycles. The van der Waals surface area contributed by atoms with Crippen molar-refractivity contribution in [2.75, 3.05) is 17.8 Å². The number of nitrogens with zero attached hydrogens (tertiary/aromatic N) is 3. The second kappa shape index (κ2) is 2.63. The van der Waals surface area contributed by atoms with Gasteiger partial charge in [0.2, 0.25) is 5.95 Å². The van der Waals surface area contributed by atoms with Crippen LogP contribution in [-0.2, 0) is 15.6 Å². The highest BCUT2D eigenvalue weighted by Crippen LogP contribution is 2.01. The molecule has 4 N–H and O–H groups in total. The first-order valence-electron chi connectivity index (χ1n) is 3.03. The molecule has 8 heteroatoms. The fraction of sp³-hybridized carbons (Fsp3) is 0.500. The minimum atomic E-state index is -3.15. The molecule has 0 aliphatic heterocycles. The Hall–Kier alpha value is -1.31. The summed E-state index contributed by atoms with van der Waals surface area (Å²) in [4.78, 5) is 0. The van der Waals surface area contributed by atoms with Crippen molar-refractivity contribution in [1.82, 2.24) is 14.9 Å². The van der Waals surface area contributed by atoms with Crippen LogP contribution in [0.1, 0.15) is 5.82 Å². The monoisotopic (exact) mass is 191 g/mol. The summed E-state index contributed by atoms with van der Waals surface area (Å²) in [7, 11) is -3.15. The zero-order valence-corrected chi connectivity index (χ0v) is 7.24. The first-order valence-corrected chi connectivity index (χ1v) is 5.09. The zero-order valence-electron chi connectivity index (χ0n) is 6.43. The third-order valence-electron chi connectivity index (χ3n) is 1.18. The molecule has 0 fully saturated rings. The molecule has 0 spiro atoms. The predicted molar refractivity (Wildman–Crippen MR) is 43.1 cm³/mol. The van der Waals surface area contributed by atoms with E-state index in [1.165, 1.54) is 0 Å². The van der Waals surface area contributed by atoms with E-state index in [2.05, 4.69) is 10.2 Å². The maximum absolute atomic E-state index is 10.8. The quantitative estimate of drug-likeness (QED) is 0.528. The smallest absolute Gasteiger partial charge is 0.240 e. The molecule has 7 nitrogen and oxygen atoms in total. The predicted octanol–water partition coefficient (Wildman–Crippen LogP) is -1.88. The van der Waals surface area contributed by atoms with Gasteiger partial charge in [0.1, 0.15) is 5.75 Å². The van der Waals surface area contributed by atoms with Gasteiger partial charge in [0.25, 0.3) is 0 Å². The molecule has 0 aromatic carbocycles. The molecule has 1 heterocycles. The van der Waals surface area contributed by atoms with E-state index in [4.69, 9.17) is 11.6 Å². The summed E-state index contributed by atoms with van der Waals surface area (Å²) in [6.07, 6.45) is 1.08. The number of nitrogen functional groups attached to an aromatic ring is 2. The average molecular weight is 191 g/mol. The Morgan fingerprint density at radius 3 is 2.42 bits per heavy atom. The molecule has 0 unspecified atom stereocenters. The molecule has 0 amide bonds. The Morgan fingerprint density at radius 1 is 1.50 bits per heavy atom. The summed E-state index contributed by atoms with van der Waals surface area (Å²) in [6, 6.07) is 0. The third-order valence-corrected chi connectivity index (χ3v) is 1.97. The molecular formula is C4H9N5O2S. The lowest BCUT2D eigenvalue weighted by molar-refractivity contribution is 0.598. The number of hydrogen-bond acceptors (Lipinski definition) is 6. The molecule has 12 heavy (non-hydrogen) atoms. The van der Waals surface area contributed by atoms with E-state index < -0.39 is 9.84 Å². The second-order valence-corrected chi connectivity index (χ2v) is 4.55. The van der Waals surface area contributed by atoms with Crippen LogP contribution in [-0.4, -0.2) is 29.5 Å². The summed E-state index contributed by atoms with van der Waals surface area (Å²) < 4.78 is 22.5. The molecule has 1 aromatic rings. The van der Waals surface area contributed by atoms with Crippen molar-refractivity contribution in [3.05, 3.63) is 5.82 Å². The number of sulfone groups is 1. The molecule has 1 aromatic heterocycles. The summed E-state index contributed by atoms with van der Waals surface area (Å²) in [5, 5.41) is 6.89. The van der Waals surface area contributed by atoms with Gasteiger partial charge in [-0.15, -0.1) is 10.2 Å². The van der Waals surface area contributed by atoms with Crippen LogP contribution < -0.4 is 11.6 Å². The van der Waals surface area contributed by atoms with Gasteiger partial charge in [0.05, 0.1) is 0 Å². The topological polar surface area (TPSA) is 117 Å². The van der Waals surface area contributed by atoms with E-state index in [0.29, 0.717) is 0 Å². The zero-order chi connectivity index (χ0) is 9.35. The highest BCUT2D eigenvalue weighted by molar-refractivity contribution is 7.89. The lowest BCUT2D eigenvalue weighted by Gasteiger charge is -1.98. The van der Waals surface area contributed by atoms with E-state index in [-0.39, 0.29) is 17.5 Å².